The largest absolute Gasteiger partial charge is 0.480 e. The van der Waals surface area contributed by atoms with Gasteiger partial charge in [0.25, 0.3) is 5.91 Å². The topological polar surface area (TPSA) is 105 Å². The number of ether oxygens (including phenoxy) is 1. The molecule has 1 atom stereocenters. The molecule has 0 spiro atoms. The number of aliphatic carboxylic acids is 1. The minimum Gasteiger partial charge on any atom is -0.480 e. The van der Waals surface area contributed by atoms with E-state index in [0.717, 1.165) is 16.7 Å². The summed E-state index contributed by atoms with van der Waals surface area (Å²) in [5, 5.41) is 13.7. The second-order valence-corrected chi connectivity index (χ2v) is 6.74. The Balaban J connectivity index is 2.03. The third-order valence-corrected chi connectivity index (χ3v) is 4.32. The van der Waals surface area contributed by atoms with Crippen LogP contribution in [0.25, 0.3) is 5.57 Å². The highest BCUT2D eigenvalue weighted by molar-refractivity contribution is 5.98. The van der Waals surface area contributed by atoms with Crippen molar-refractivity contribution < 1.29 is 24.2 Å². The normalized spacial score (nSPS) is 11.6. The summed E-state index contributed by atoms with van der Waals surface area (Å²) in [6, 6.07) is 15.1. The zero-order chi connectivity index (χ0) is 22.6. The van der Waals surface area contributed by atoms with E-state index in [9.17, 15) is 14.4 Å². The SMILES string of the molecule is C=C(C=CC)c1ccc(C(=O)NC(COCc2ccccc2)C(=O)NCC(=O)O)cc1. The fraction of sp³-hybridized carbons (Fsp3) is 0.208. The summed E-state index contributed by atoms with van der Waals surface area (Å²) < 4.78 is 5.58. The van der Waals surface area contributed by atoms with Gasteiger partial charge in [0, 0.05) is 5.56 Å². The molecule has 7 nitrogen and oxygen atoms in total. The smallest absolute Gasteiger partial charge is 0.322 e. The number of carboxylic acids is 1. The lowest BCUT2D eigenvalue weighted by Crippen LogP contribution is -2.50. The van der Waals surface area contributed by atoms with Crippen molar-refractivity contribution >= 4 is 23.4 Å². The van der Waals surface area contributed by atoms with Crippen molar-refractivity contribution in [3.05, 3.63) is 90.0 Å². The second kappa shape index (κ2) is 12.1. The van der Waals surface area contributed by atoms with Crippen LogP contribution < -0.4 is 10.6 Å². The van der Waals surface area contributed by atoms with E-state index in [-0.39, 0.29) is 13.2 Å². The molecule has 0 heterocycles. The standard InChI is InChI=1S/C24H26N2O5/c1-3-7-17(2)19-10-12-20(13-11-19)23(29)26-21(24(30)25-14-22(27)28)16-31-15-18-8-5-4-6-9-18/h3-13,21H,2,14-16H2,1H3,(H,25,30)(H,26,29)(H,27,28). The number of amides is 2. The first-order valence-electron chi connectivity index (χ1n) is 9.74. The Hall–Kier alpha value is -3.71. The zero-order valence-corrected chi connectivity index (χ0v) is 17.3. The molecule has 0 radical (unpaired) electrons. The van der Waals surface area contributed by atoms with E-state index in [1.807, 2.05) is 49.4 Å². The quantitative estimate of drug-likeness (QED) is 0.483. The fourth-order valence-electron chi connectivity index (χ4n) is 2.71. The Kier molecular flexibility index (Phi) is 9.19. The van der Waals surface area contributed by atoms with Gasteiger partial charge in [0.1, 0.15) is 12.6 Å². The highest BCUT2D eigenvalue weighted by atomic mass is 16.5. The molecule has 0 saturated heterocycles. The average Bonchev–Trinajstić information content (AvgIpc) is 2.77. The maximum Gasteiger partial charge on any atom is 0.322 e. The molecule has 0 fully saturated rings. The van der Waals surface area contributed by atoms with Crippen LogP contribution in [0.15, 0.2) is 73.3 Å². The van der Waals surface area contributed by atoms with Crippen LogP contribution in [0.4, 0.5) is 0 Å². The van der Waals surface area contributed by atoms with Crippen LogP contribution in [-0.2, 0) is 20.9 Å². The summed E-state index contributed by atoms with van der Waals surface area (Å²) >= 11 is 0. The molecule has 2 aromatic rings. The van der Waals surface area contributed by atoms with Gasteiger partial charge in [-0.3, -0.25) is 14.4 Å². The van der Waals surface area contributed by atoms with E-state index >= 15 is 0 Å². The number of carbonyl (C=O) groups excluding carboxylic acids is 2. The van der Waals surface area contributed by atoms with Crippen molar-refractivity contribution in [2.45, 2.75) is 19.6 Å². The number of benzene rings is 2. The predicted octanol–water partition coefficient (Wildman–Crippen LogP) is 2.79. The van der Waals surface area contributed by atoms with Crippen LogP contribution in [0.5, 0.6) is 0 Å². The van der Waals surface area contributed by atoms with E-state index in [1.54, 1.807) is 24.3 Å². The van der Waals surface area contributed by atoms with Crippen molar-refractivity contribution in [1.82, 2.24) is 10.6 Å². The molecule has 0 aliphatic rings. The summed E-state index contributed by atoms with van der Waals surface area (Å²) in [5.41, 5.74) is 2.96. The molecule has 31 heavy (non-hydrogen) atoms. The summed E-state index contributed by atoms with van der Waals surface area (Å²) in [4.78, 5) is 35.8. The van der Waals surface area contributed by atoms with Crippen LogP contribution in [0.1, 0.15) is 28.4 Å². The Morgan fingerprint density at radius 1 is 1.06 bits per heavy atom. The number of hydrogen-bond donors (Lipinski definition) is 3. The van der Waals surface area contributed by atoms with E-state index in [0.29, 0.717) is 5.56 Å². The minimum absolute atomic E-state index is 0.109. The lowest BCUT2D eigenvalue weighted by atomic mass is 10.0. The van der Waals surface area contributed by atoms with E-state index < -0.39 is 30.4 Å². The molecule has 2 rings (SSSR count). The van der Waals surface area contributed by atoms with Crippen LogP contribution >= 0.6 is 0 Å². The Morgan fingerprint density at radius 2 is 1.71 bits per heavy atom. The van der Waals surface area contributed by atoms with Gasteiger partial charge in [0.15, 0.2) is 0 Å². The van der Waals surface area contributed by atoms with E-state index in [2.05, 4.69) is 17.2 Å². The molecule has 2 amide bonds. The molecule has 1 unspecified atom stereocenters. The van der Waals surface area contributed by atoms with E-state index in [1.165, 1.54) is 0 Å². The molecule has 0 saturated carbocycles. The van der Waals surface area contributed by atoms with Gasteiger partial charge in [-0.05, 0) is 35.8 Å². The number of rotatable bonds is 11. The number of carboxylic acid groups (broad SMARTS) is 1. The molecule has 2 aromatic carbocycles. The van der Waals surface area contributed by atoms with Gasteiger partial charge in [0.2, 0.25) is 5.91 Å². The molecular formula is C24H26N2O5. The Labute approximate surface area is 181 Å². The molecule has 0 aliphatic heterocycles. The third-order valence-electron chi connectivity index (χ3n) is 4.32. The van der Waals surface area contributed by atoms with Crippen LogP contribution in [0, 0.1) is 0 Å². The average molecular weight is 422 g/mol. The van der Waals surface area contributed by atoms with Crippen molar-refractivity contribution in [2.24, 2.45) is 0 Å². The first kappa shape index (κ1) is 23.6. The summed E-state index contributed by atoms with van der Waals surface area (Å²) in [5.74, 6) is -2.29. The lowest BCUT2D eigenvalue weighted by Gasteiger charge is -2.18. The molecular weight excluding hydrogens is 396 g/mol. The first-order valence-corrected chi connectivity index (χ1v) is 9.74. The number of allylic oxidation sites excluding steroid dienone is 3. The molecule has 0 aliphatic carbocycles. The van der Waals surface area contributed by atoms with Gasteiger partial charge in [-0.25, -0.2) is 0 Å². The number of nitrogens with one attached hydrogen (secondary N) is 2. The maximum atomic E-state index is 12.6. The predicted molar refractivity (Wildman–Crippen MR) is 118 cm³/mol. The summed E-state index contributed by atoms with van der Waals surface area (Å²) in [7, 11) is 0. The van der Waals surface area contributed by atoms with Crippen molar-refractivity contribution in [1.29, 1.82) is 0 Å². The van der Waals surface area contributed by atoms with Gasteiger partial charge in [-0.2, -0.15) is 0 Å². The van der Waals surface area contributed by atoms with Crippen molar-refractivity contribution in [3.8, 4) is 0 Å². The Bertz CT molecular complexity index is 936. The molecule has 162 valence electrons. The van der Waals surface area contributed by atoms with Gasteiger partial charge >= 0.3 is 5.97 Å². The summed E-state index contributed by atoms with van der Waals surface area (Å²) in [6.07, 6.45) is 3.74. The van der Waals surface area contributed by atoms with Crippen LogP contribution in [0.2, 0.25) is 0 Å². The maximum absolute atomic E-state index is 12.6. The van der Waals surface area contributed by atoms with E-state index in [4.69, 9.17) is 9.84 Å². The zero-order valence-electron chi connectivity index (χ0n) is 17.3. The van der Waals surface area contributed by atoms with Crippen LogP contribution in [-0.4, -0.2) is 42.1 Å². The van der Waals surface area contributed by atoms with Crippen molar-refractivity contribution in [3.63, 3.8) is 0 Å². The first-order chi connectivity index (χ1) is 14.9. The highest BCUT2D eigenvalue weighted by Gasteiger charge is 2.22. The third kappa shape index (κ3) is 7.91. The Morgan fingerprint density at radius 3 is 2.32 bits per heavy atom. The number of hydrogen-bond acceptors (Lipinski definition) is 4. The monoisotopic (exact) mass is 422 g/mol. The van der Waals surface area contributed by atoms with Gasteiger partial charge < -0.3 is 20.5 Å². The molecule has 7 heteroatoms. The minimum atomic E-state index is -1.18. The molecule has 0 aromatic heterocycles. The fourth-order valence-corrected chi connectivity index (χ4v) is 2.71. The summed E-state index contributed by atoms with van der Waals surface area (Å²) in [6.45, 7) is 5.43. The molecule has 3 N–H and O–H groups in total. The lowest BCUT2D eigenvalue weighted by molar-refractivity contribution is -0.138. The van der Waals surface area contributed by atoms with Crippen LogP contribution in [0.3, 0.4) is 0 Å². The molecule has 0 bridgehead atoms. The van der Waals surface area contributed by atoms with Crippen molar-refractivity contribution in [2.75, 3.05) is 13.2 Å². The van der Waals surface area contributed by atoms with Gasteiger partial charge in [-0.1, -0.05) is 61.2 Å². The van der Waals surface area contributed by atoms with Gasteiger partial charge in [0.05, 0.1) is 13.2 Å². The number of carbonyl (C=O) groups is 3. The second-order valence-electron chi connectivity index (χ2n) is 6.74. The van der Waals surface area contributed by atoms with Gasteiger partial charge in [-0.15, -0.1) is 0 Å². The highest BCUT2D eigenvalue weighted by Crippen LogP contribution is 2.15.